The molecular formula is C18H22FN3O2S. The van der Waals surface area contributed by atoms with Gasteiger partial charge in [-0.25, -0.2) is 22.8 Å². The monoisotopic (exact) mass is 363 g/mol. The van der Waals surface area contributed by atoms with Crippen molar-refractivity contribution in [1.82, 2.24) is 9.97 Å². The van der Waals surface area contributed by atoms with Crippen LogP contribution in [0.25, 0.3) is 0 Å². The lowest BCUT2D eigenvalue weighted by molar-refractivity contribution is 0.528. The van der Waals surface area contributed by atoms with E-state index in [-0.39, 0.29) is 16.8 Å². The zero-order valence-corrected chi connectivity index (χ0v) is 15.0. The van der Waals surface area contributed by atoms with E-state index in [0.29, 0.717) is 38.2 Å². The maximum absolute atomic E-state index is 13.0. The first-order valence-corrected chi connectivity index (χ1v) is 10.2. The molecule has 134 valence electrons. The number of piperidine rings is 1. The van der Waals surface area contributed by atoms with Crippen LogP contribution < -0.4 is 4.90 Å². The molecular weight excluding hydrogens is 341 g/mol. The van der Waals surface area contributed by atoms with Gasteiger partial charge >= 0.3 is 0 Å². The summed E-state index contributed by atoms with van der Waals surface area (Å²) in [5.74, 6) is 1.43. The van der Waals surface area contributed by atoms with Crippen molar-refractivity contribution in [2.24, 2.45) is 0 Å². The number of halogens is 1. The minimum absolute atomic E-state index is 0.201. The molecule has 2 heterocycles. The minimum atomic E-state index is -2.97. The first-order valence-electron chi connectivity index (χ1n) is 8.51. The Bertz CT molecular complexity index is 816. The lowest BCUT2D eigenvalue weighted by Crippen LogP contribution is -2.40. The van der Waals surface area contributed by atoms with Crippen molar-refractivity contribution in [3.8, 4) is 0 Å². The molecule has 0 saturated carbocycles. The van der Waals surface area contributed by atoms with Crippen LogP contribution >= 0.6 is 0 Å². The highest BCUT2D eigenvalue weighted by atomic mass is 32.2. The fourth-order valence-electron chi connectivity index (χ4n) is 3.11. The molecule has 1 aliphatic heterocycles. The van der Waals surface area contributed by atoms with Crippen LogP contribution in [0.3, 0.4) is 0 Å². The fraction of sp³-hybridized carbons (Fsp3) is 0.444. The van der Waals surface area contributed by atoms with Crippen LogP contribution in [-0.2, 0) is 16.3 Å². The number of hydrogen-bond donors (Lipinski definition) is 0. The lowest BCUT2D eigenvalue weighted by Gasteiger charge is -2.32. The van der Waals surface area contributed by atoms with E-state index < -0.39 is 9.84 Å². The summed E-state index contributed by atoms with van der Waals surface area (Å²) in [7, 11) is -2.97. The first-order chi connectivity index (χ1) is 12.0. The highest BCUT2D eigenvalue weighted by Gasteiger charge is 2.29. The normalized spacial score (nSPS) is 16.2. The van der Waals surface area contributed by atoms with Gasteiger partial charge < -0.3 is 4.90 Å². The molecule has 3 rings (SSSR count). The molecule has 0 amide bonds. The van der Waals surface area contributed by atoms with Gasteiger partial charge in [-0.3, -0.25) is 0 Å². The molecule has 1 fully saturated rings. The average Bonchev–Trinajstić information content (AvgIpc) is 2.64. The highest BCUT2D eigenvalue weighted by Crippen LogP contribution is 2.22. The van der Waals surface area contributed by atoms with Gasteiger partial charge in [0.25, 0.3) is 0 Å². The summed E-state index contributed by atoms with van der Waals surface area (Å²) in [5, 5.41) is -0.241. The highest BCUT2D eigenvalue weighted by molar-refractivity contribution is 7.92. The van der Waals surface area contributed by atoms with Crippen molar-refractivity contribution < 1.29 is 12.8 Å². The third-order valence-electron chi connectivity index (χ3n) is 4.64. The zero-order chi connectivity index (χ0) is 17.9. The average molecular weight is 363 g/mol. The van der Waals surface area contributed by atoms with E-state index >= 15 is 0 Å². The van der Waals surface area contributed by atoms with Gasteiger partial charge in [0.15, 0.2) is 9.84 Å². The van der Waals surface area contributed by atoms with E-state index in [4.69, 9.17) is 0 Å². The minimum Gasteiger partial charge on any atom is -0.356 e. The fourth-order valence-corrected chi connectivity index (χ4v) is 4.51. The van der Waals surface area contributed by atoms with Crippen LogP contribution in [0.5, 0.6) is 0 Å². The Kier molecular flexibility index (Phi) is 5.32. The van der Waals surface area contributed by atoms with Gasteiger partial charge in [0, 0.05) is 31.5 Å². The smallest absolute Gasteiger partial charge is 0.153 e. The molecule has 1 aromatic heterocycles. The predicted molar refractivity (Wildman–Crippen MR) is 95.9 cm³/mol. The number of rotatable bonds is 5. The van der Waals surface area contributed by atoms with Crippen molar-refractivity contribution in [3.05, 3.63) is 53.7 Å². The van der Waals surface area contributed by atoms with Crippen LogP contribution in [0.15, 0.2) is 36.5 Å². The molecule has 7 heteroatoms. The van der Waals surface area contributed by atoms with Gasteiger partial charge in [0.05, 0.1) is 5.25 Å². The molecule has 0 bridgehead atoms. The number of aromatic nitrogens is 2. The van der Waals surface area contributed by atoms with Gasteiger partial charge in [0.2, 0.25) is 0 Å². The van der Waals surface area contributed by atoms with Gasteiger partial charge in [0.1, 0.15) is 17.5 Å². The van der Waals surface area contributed by atoms with Crippen LogP contribution in [0.4, 0.5) is 10.2 Å². The summed E-state index contributed by atoms with van der Waals surface area (Å²) < 4.78 is 37.0. The third kappa shape index (κ3) is 4.34. The quantitative estimate of drug-likeness (QED) is 0.817. The second kappa shape index (κ2) is 7.47. The van der Waals surface area contributed by atoms with Gasteiger partial charge in [-0.1, -0.05) is 19.1 Å². The molecule has 1 saturated heterocycles. The molecule has 25 heavy (non-hydrogen) atoms. The van der Waals surface area contributed by atoms with Crippen molar-refractivity contribution in [2.75, 3.05) is 23.7 Å². The SMILES string of the molecule is CCS(=O)(=O)C1CCN(c2ccnc(Cc3ccc(F)cc3)n2)CC1. The molecule has 0 unspecified atom stereocenters. The van der Waals surface area contributed by atoms with E-state index in [0.717, 1.165) is 11.4 Å². The molecule has 1 aromatic carbocycles. The van der Waals surface area contributed by atoms with Crippen molar-refractivity contribution >= 4 is 15.7 Å². The largest absolute Gasteiger partial charge is 0.356 e. The second-order valence-electron chi connectivity index (χ2n) is 6.27. The molecule has 0 atom stereocenters. The summed E-state index contributed by atoms with van der Waals surface area (Å²) in [6.07, 6.45) is 3.52. The lowest BCUT2D eigenvalue weighted by atomic mass is 10.1. The van der Waals surface area contributed by atoms with Crippen molar-refractivity contribution in [2.45, 2.75) is 31.4 Å². The van der Waals surface area contributed by atoms with E-state index in [1.807, 2.05) is 6.07 Å². The van der Waals surface area contributed by atoms with Crippen LogP contribution in [-0.4, -0.2) is 42.5 Å². The molecule has 0 spiro atoms. The number of benzene rings is 1. The molecule has 0 radical (unpaired) electrons. The first kappa shape index (κ1) is 17.8. The van der Waals surface area contributed by atoms with Crippen LogP contribution in [0.2, 0.25) is 0 Å². The summed E-state index contributed by atoms with van der Waals surface area (Å²) >= 11 is 0. The standard InChI is InChI=1S/C18H22FN3O2S/c1-2-25(23,24)16-8-11-22(12-9-16)18-7-10-20-17(21-18)13-14-3-5-15(19)6-4-14/h3-7,10,16H,2,8-9,11-13H2,1H3. The van der Waals surface area contributed by atoms with Crippen LogP contribution in [0.1, 0.15) is 31.2 Å². The van der Waals surface area contributed by atoms with Crippen molar-refractivity contribution in [3.63, 3.8) is 0 Å². The Balaban J connectivity index is 1.67. The Labute approximate surface area is 147 Å². The summed E-state index contributed by atoms with van der Waals surface area (Å²) in [6, 6.07) is 8.16. The molecule has 0 N–H and O–H groups in total. The Hall–Kier alpha value is -2.02. The Morgan fingerprint density at radius 1 is 1.16 bits per heavy atom. The number of sulfone groups is 1. The molecule has 2 aromatic rings. The molecule has 1 aliphatic rings. The Morgan fingerprint density at radius 3 is 2.48 bits per heavy atom. The predicted octanol–water partition coefficient (Wildman–Crippen LogP) is 2.61. The zero-order valence-electron chi connectivity index (χ0n) is 14.2. The van der Waals surface area contributed by atoms with Gasteiger partial charge in [-0.2, -0.15) is 0 Å². The summed E-state index contributed by atoms with van der Waals surface area (Å²) in [5.41, 5.74) is 0.950. The third-order valence-corrected chi connectivity index (χ3v) is 6.93. The van der Waals surface area contributed by atoms with Gasteiger partial charge in [-0.15, -0.1) is 0 Å². The van der Waals surface area contributed by atoms with E-state index in [1.54, 1.807) is 25.3 Å². The summed E-state index contributed by atoms with van der Waals surface area (Å²) in [4.78, 5) is 11.0. The maximum atomic E-state index is 13.0. The summed E-state index contributed by atoms with van der Waals surface area (Å²) in [6.45, 7) is 3.06. The number of hydrogen-bond acceptors (Lipinski definition) is 5. The van der Waals surface area contributed by atoms with E-state index in [2.05, 4.69) is 14.9 Å². The van der Waals surface area contributed by atoms with Crippen molar-refractivity contribution in [1.29, 1.82) is 0 Å². The second-order valence-corrected chi connectivity index (χ2v) is 8.84. The van der Waals surface area contributed by atoms with E-state index in [1.165, 1.54) is 12.1 Å². The van der Waals surface area contributed by atoms with Gasteiger partial charge in [-0.05, 0) is 36.6 Å². The molecule has 5 nitrogen and oxygen atoms in total. The Morgan fingerprint density at radius 2 is 1.84 bits per heavy atom. The van der Waals surface area contributed by atoms with E-state index in [9.17, 15) is 12.8 Å². The number of nitrogens with zero attached hydrogens (tertiary/aromatic N) is 3. The maximum Gasteiger partial charge on any atom is 0.153 e. The molecule has 0 aliphatic carbocycles. The van der Waals surface area contributed by atoms with Crippen LogP contribution in [0, 0.1) is 5.82 Å². The number of anilines is 1. The topological polar surface area (TPSA) is 63.2 Å².